The number of nitrogens with zero attached hydrogens (tertiary/aromatic N) is 2. The molecule has 9 heteroatoms. The van der Waals surface area contributed by atoms with Crippen molar-refractivity contribution in [3.05, 3.63) is 93.5 Å². The zero-order valence-corrected chi connectivity index (χ0v) is 21.6. The van der Waals surface area contributed by atoms with Gasteiger partial charge in [-0.1, -0.05) is 47.5 Å². The maximum absolute atomic E-state index is 13.6. The molecule has 3 N–H and O–H groups in total. The fourth-order valence-corrected chi connectivity index (χ4v) is 4.47. The normalized spacial score (nSPS) is 17.0. The van der Waals surface area contributed by atoms with Crippen LogP contribution in [-0.4, -0.2) is 43.6 Å². The number of nitrogens with two attached hydrogens (primary N) is 1. The molecule has 7 nitrogen and oxygen atoms in total. The maximum Gasteiger partial charge on any atom is 0.323 e. The van der Waals surface area contributed by atoms with Gasteiger partial charge in [0.1, 0.15) is 23.4 Å². The van der Waals surface area contributed by atoms with Gasteiger partial charge in [0.25, 0.3) is 0 Å². The third-order valence-electron chi connectivity index (χ3n) is 5.86. The summed E-state index contributed by atoms with van der Waals surface area (Å²) < 4.78 is 11.3. The summed E-state index contributed by atoms with van der Waals surface area (Å²) in [5.74, 6) is 1.69. The number of benzene rings is 3. The van der Waals surface area contributed by atoms with Crippen LogP contribution < -0.4 is 20.5 Å². The topological polar surface area (TPSA) is 89.2 Å². The third kappa shape index (κ3) is 5.43. The SMILES string of the molecule is CCOc1cc(OC)ccc1C1=NC(c2ccc(Cl)cc2)C(c2ccc(Cl)cc2)N1C(=O)NCCN. The molecule has 0 saturated heterocycles. The van der Waals surface area contributed by atoms with Crippen molar-refractivity contribution in [2.75, 3.05) is 26.8 Å². The Hall–Kier alpha value is -3.26. The highest BCUT2D eigenvalue weighted by molar-refractivity contribution is 6.30. The van der Waals surface area contributed by atoms with Crippen molar-refractivity contribution in [1.29, 1.82) is 0 Å². The quantitative estimate of drug-likeness (QED) is 0.398. The van der Waals surface area contributed by atoms with Gasteiger partial charge in [-0.2, -0.15) is 0 Å². The fourth-order valence-electron chi connectivity index (χ4n) is 4.22. The van der Waals surface area contributed by atoms with E-state index in [0.717, 1.165) is 11.1 Å². The molecule has 188 valence electrons. The lowest BCUT2D eigenvalue weighted by Gasteiger charge is -2.30. The van der Waals surface area contributed by atoms with Crippen molar-refractivity contribution in [2.24, 2.45) is 10.7 Å². The van der Waals surface area contributed by atoms with E-state index in [4.69, 9.17) is 43.4 Å². The van der Waals surface area contributed by atoms with Gasteiger partial charge in [-0.3, -0.25) is 9.89 Å². The van der Waals surface area contributed by atoms with Crippen LogP contribution in [0.25, 0.3) is 0 Å². The number of methoxy groups -OCH3 is 1. The molecule has 0 aromatic heterocycles. The first-order valence-electron chi connectivity index (χ1n) is 11.6. The molecule has 1 heterocycles. The van der Waals surface area contributed by atoms with E-state index in [-0.39, 0.29) is 6.03 Å². The Morgan fingerprint density at radius 1 is 1.03 bits per heavy atom. The number of nitrogens with one attached hydrogen (secondary N) is 1. The van der Waals surface area contributed by atoms with Crippen LogP contribution in [0, 0.1) is 0 Å². The molecule has 3 aromatic carbocycles. The number of hydrogen-bond donors (Lipinski definition) is 2. The Bertz CT molecular complexity index is 1230. The molecule has 2 unspecified atom stereocenters. The standard InChI is InChI=1S/C27H28Cl2N4O3/c1-3-36-23-16-21(35-2)12-13-22(23)26-32-24(17-4-8-19(28)9-5-17)25(18-6-10-20(29)11-7-18)33(26)27(34)31-15-14-30/h4-13,16,24-25H,3,14-15,30H2,1-2H3,(H,31,34). The predicted molar refractivity (Wildman–Crippen MR) is 143 cm³/mol. The van der Waals surface area contributed by atoms with Gasteiger partial charge in [-0.05, 0) is 54.4 Å². The van der Waals surface area contributed by atoms with Crippen molar-refractivity contribution < 1.29 is 14.3 Å². The third-order valence-corrected chi connectivity index (χ3v) is 6.36. The Balaban J connectivity index is 1.91. The Morgan fingerprint density at radius 3 is 2.25 bits per heavy atom. The smallest absolute Gasteiger partial charge is 0.323 e. The van der Waals surface area contributed by atoms with E-state index in [9.17, 15) is 4.79 Å². The van der Waals surface area contributed by atoms with Crippen molar-refractivity contribution in [2.45, 2.75) is 19.0 Å². The Labute approximate surface area is 220 Å². The molecule has 1 aliphatic rings. The largest absolute Gasteiger partial charge is 0.497 e. The van der Waals surface area contributed by atoms with Crippen LogP contribution >= 0.6 is 23.2 Å². The lowest BCUT2D eigenvalue weighted by molar-refractivity contribution is 0.208. The summed E-state index contributed by atoms with van der Waals surface area (Å²) in [6.07, 6.45) is 0. The first-order chi connectivity index (χ1) is 17.5. The van der Waals surface area contributed by atoms with Crippen LogP contribution in [-0.2, 0) is 0 Å². The number of hydrogen-bond acceptors (Lipinski definition) is 5. The lowest BCUT2D eigenvalue weighted by Crippen LogP contribution is -2.45. The predicted octanol–water partition coefficient (Wildman–Crippen LogP) is 5.61. The Morgan fingerprint density at radius 2 is 1.67 bits per heavy atom. The fraction of sp³-hybridized carbons (Fsp3) is 0.259. The van der Waals surface area contributed by atoms with Crippen LogP contribution in [0.3, 0.4) is 0 Å². The number of rotatable bonds is 8. The number of carbonyl (C=O) groups excluding carboxylic acids is 1. The molecule has 4 rings (SSSR count). The van der Waals surface area contributed by atoms with Gasteiger partial charge >= 0.3 is 6.03 Å². The van der Waals surface area contributed by atoms with E-state index < -0.39 is 12.1 Å². The molecule has 0 aliphatic carbocycles. The van der Waals surface area contributed by atoms with Crippen molar-refractivity contribution in [3.63, 3.8) is 0 Å². The zero-order valence-electron chi connectivity index (χ0n) is 20.1. The first kappa shape index (κ1) is 25.8. The molecule has 0 fully saturated rings. The second-order valence-electron chi connectivity index (χ2n) is 8.13. The molecule has 0 spiro atoms. The van der Waals surface area contributed by atoms with Gasteiger partial charge in [0.15, 0.2) is 0 Å². The molecule has 2 amide bonds. The van der Waals surface area contributed by atoms with E-state index in [1.54, 1.807) is 18.1 Å². The summed E-state index contributed by atoms with van der Waals surface area (Å²) in [6.45, 7) is 2.97. The number of ether oxygens (including phenoxy) is 2. The van der Waals surface area contributed by atoms with Crippen LogP contribution in [0.2, 0.25) is 10.0 Å². The van der Waals surface area contributed by atoms with Crippen LogP contribution in [0.5, 0.6) is 11.5 Å². The summed E-state index contributed by atoms with van der Waals surface area (Å²) in [7, 11) is 1.59. The summed E-state index contributed by atoms with van der Waals surface area (Å²) in [5, 5.41) is 4.13. The van der Waals surface area contributed by atoms with Gasteiger partial charge in [-0.25, -0.2) is 4.79 Å². The van der Waals surface area contributed by atoms with Gasteiger partial charge in [-0.15, -0.1) is 0 Å². The summed E-state index contributed by atoms with van der Waals surface area (Å²) >= 11 is 12.4. The van der Waals surface area contributed by atoms with Gasteiger partial charge < -0.3 is 20.5 Å². The first-order valence-corrected chi connectivity index (χ1v) is 12.4. The minimum Gasteiger partial charge on any atom is -0.497 e. The van der Waals surface area contributed by atoms with Crippen LogP contribution in [0.4, 0.5) is 4.79 Å². The zero-order chi connectivity index (χ0) is 25.7. The van der Waals surface area contributed by atoms with E-state index in [1.807, 2.05) is 67.6 Å². The second-order valence-corrected chi connectivity index (χ2v) is 9.00. The van der Waals surface area contributed by atoms with Gasteiger partial charge in [0.2, 0.25) is 0 Å². The highest BCUT2D eigenvalue weighted by Gasteiger charge is 2.43. The summed E-state index contributed by atoms with van der Waals surface area (Å²) in [4.78, 5) is 20.4. The van der Waals surface area contributed by atoms with E-state index in [2.05, 4.69) is 5.32 Å². The van der Waals surface area contributed by atoms with E-state index in [0.29, 0.717) is 52.6 Å². The molecule has 1 aliphatic heterocycles. The number of aliphatic imine (C=N–C) groups is 1. The van der Waals surface area contributed by atoms with Gasteiger partial charge in [0, 0.05) is 29.2 Å². The summed E-state index contributed by atoms with van der Waals surface area (Å²) in [5.41, 5.74) is 8.16. The number of urea groups is 1. The van der Waals surface area contributed by atoms with Gasteiger partial charge in [0.05, 0.1) is 25.3 Å². The molecule has 36 heavy (non-hydrogen) atoms. The van der Waals surface area contributed by atoms with Crippen molar-refractivity contribution in [3.8, 4) is 11.5 Å². The monoisotopic (exact) mass is 526 g/mol. The van der Waals surface area contributed by atoms with Crippen LogP contribution in [0.1, 0.15) is 35.7 Å². The number of amidine groups is 1. The number of halogens is 2. The molecule has 3 aromatic rings. The minimum atomic E-state index is -0.451. The van der Waals surface area contributed by atoms with Crippen molar-refractivity contribution >= 4 is 35.1 Å². The molecular weight excluding hydrogens is 499 g/mol. The van der Waals surface area contributed by atoms with Crippen molar-refractivity contribution in [1.82, 2.24) is 10.2 Å². The molecule has 2 atom stereocenters. The minimum absolute atomic E-state index is 0.311. The van der Waals surface area contributed by atoms with E-state index >= 15 is 0 Å². The molecular formula is C27H28Cl2N4O3. The average Bonchev–Trinajstić information content (AvgIpc) is 3.28. The maximum atomic E-state index is 13.6. The number of carbonyl (C=O) groups is 1. The molecule has 0 bridgehead atoms. The highest BCUT2D eigenvalue weighted by Crippen LogP contribution is 2.45. The highest BCUT2D eigenvalue weighted by atomic mass is 35.5. The summed E-state index contributed by atoms with van der Waals surface area (Å²) in [6, 6.07) is 19.2. The molecule has 0 radical (unpaired) electrons. The lowest BCUT2D eigenvalue weighted by atomic mass is 9.94. The van der Waals surface area contributed by atoms with Crippen LogP contribution in [0.15, 0.2) is 71.7 Å². The van der Waals surface area contributed by atoms with E-state index in [1.165, 1.54) is 0 Å². The average molecular weight is 527 g/mol. The number of amides is 2. The second kappa shape index (κ2) is 11.6. The Kier molecular flexibility index (Phi) is 8.36. The molecule has 0 saturated carbocycles.